The first-order valence-electron chi connectivity index (χ1n) is 6.92. The second-order valence-electron chi connectivity index (χ2n) is 5.14. The summed E-state index contributed by atoms with van der Waals surface area (Å²) in [5.74, 6) is 1.19. The summed E-state index contributed by atoms with van der Waals surface area (Å²) in [6.07, 6.45) is 0. The van der Waals surface area contributed by atoms with Gasteiger partial charge < -0.3 is 5.73 Å². The van der Waals surface area contributed by atoms with Gasteiger partial charge in [-0.05, 0) is 13.8 Å². The van der Waals surface area contributed by atoms with Crippen LogP contribution in [0.3, 0.4) is 0 Å². The van der Waals surface area contributed by atoms with Crippen LogP contribution in [-0.2, 0) is 0 Å². The van der Waals surface area contributed by atoms with Crippen LogP contribution in [0.2, 0.25) is 0 Å². The molecule has 0 saturated heterocycles. The molecule has 0 aliphatic heterocycles. The lowest BCUT2D eigenvalue weighted by molar-refractivity contribution is 1.15. The Morgan fingerprint density at radius 2 is 1.43 bits per heavy atom. The summed E-state index contributed by atoms with van der Waals surface area (Å²) in [4.78, 5) is 9.14. The summed E-state index contributed by atoms with van der Waals surface area (Å²) >= 11 is 0. The van der Waals surface area contributed by atoms with Crippen LogP contribution < -0.4 is 5.73 Å². The Bertz CT molecular complexity index is 762. The van der Waals surface area contributed by atoms with Gasteiger partial charge in [0, 0.05) is 16.7 Å². The van der Waals surface area contributed by atoms with Crippen LogP contribution in [-0.4, -0.2) is 9.97 Å². The van der Waals surface area contributed by atoms with Crippen LogP contribution in [0.1, 0.15) is 11.1 Å². The number of rotatable bonds is 2. The number of anilines is 1. The summed E-state index contributed by atoms with van der Waals surface area (Å²) in [6.45, 7) is 4.01. The summed E-state index contributed by atoms with van der Waals surface area (Å²) in [6, 6.07) is 18.2. The van der Waals surface area contributed by atoms with Crippen LogP contribution in [0.25, 0.3) is 22.6 Å². The minimum Gasteiger partial charge on any atom is -0.383 e. The first-order chi connectivity index (χ1) is 10.1. The molecule has 0 fully saturated rings. The van der Waals surface area contributed by atoms with Crippen LogP contribution in [0, 0.1) is 13.8 Å². The van der Waals surface area contributed by atoms with Crippen molar-refractivity contribution in [2.24, 2.45) is 0 Å². The molecule has 0 bridgehead atoms. The first-order valence-corrected chi connectivity index (χ1v) is 6.92. The summed E-state index contributed by atoms with van der Waals surface area (Å²) < 4.78 is 0. The van der Waals surface area contributed by atoms with Crippen molar-refractivity contribution in [3.8, 4) is 22.6 Å². The van der Waals surface area contributed by atoms with Crippen molar-refractivity contribution in [1.82, 2.24) is 9.97 Å². The lowest BCUT2D eigenvalue weighted by Gasteiger charge is -2.10. The van der Waals surface area contributed by atoms with Gasteiger partial charge >= 0.3 is 0 Å². The third-order valence-corrected chi connectivity index (χ3v) is 3.54. The van der Waals surface area contributed by atoms with Crippen molar-refractivity contribution < 1.29 is 0 Å². The molecule has 0 aliphatic carbocycles. The van der Waals surface area contributed by atoms with E-state index in [4.69, 9.17) is 10.7 Å². The fourth-order valence-electron chi connectivity index (χ4n) is 2.24. The molecule has 0 aliphatic rings. The molecule has 3 rings (SSSR count). The molecule has 3 nitrogen and oxygen atoms in total. The second-order valence-corrected chi connectivity index (χ2v) is 5.14. The Balaban J connectivity index is 2.16. The van der Waals surface area contributed by atoms with Gasteiger partial charge in [0.2, 0.25) is 0 Å². The number of hydrogen-bond acceptors (Lipinski definition) is 3. The summed E-state index contributed by atoms with van der Waals surface area (Å²) in [5, 5.41) is 0. The van der Waals surface area contributed by atoms with Crippen LogP contribution >= 0.6 is 0 Å². The highest BCUT2D eigenvalue weighted by Crippen LogP contribution is 2.27. The van der Waals surface area contributed by atoms with Crippen molar-refractivity contribution in [3.63, 3.8) is 0 Å². The molecule has 0 spiro atoms. The zero-order chi connectivity index (χ0) is 14.8. The van der Waals surface area contributed by atoms with Gasteiger partial charge in [0.15, 0.2) is 5.82 Å². The maximum Gasteiger partial charge on any atom is 0.162 e. The molecule has 0 radical (unpaired) electrons. The first kappa shape index (κ1) is 13.3. The Morgan fingerprint density at radius 3 is 2.10 bits per heavy atom. The lowest BCUT2D eigenvalue weighted by atomic mass is 10.1. The molecule has 1 heterocycles. The van der Waals surface area contributed by atoms with E-state index in [1.54, 1.807) is 0 Å². The molecule has 0 unspecified atom stereocenters. The SMILES string of the molecule is Cc1ccc(-c2nc(N)c(C)c(-c3ccccc3)n2)cc1. The monoisotopic (exact) mass is 275 g/mol. The number of aryl methyl sites for hydroxylation is 1. The molecule has 0 amide bonds. The Hall–Kier alpha value is -2.68. The third kappa shape index (κ3) is 2.63. The molecule has 2 aromatic carbocycles. The van der Waals surface area contributed by atoms with E-state index in [0.29, 0.717) is 11.6 Å². The van der Waals surface area contributed by atoms with E-state index in [1.807, 2.05) is 49.4 Å². The normalized spacial score (nSPS) is 10.6. The van der Waals surface area contributed by atoms with Crippen LogP contribution in [0.4, 0.5) is 5.82 Å². The molecule has 2 N–H and O–H groups in total. The number of hydrogen-bond donors (Lipinski definition) is 1. The van der Waals surface area contributed by atoms with Crippen molar-refractivity contribution >= 4 is 5.82 Å². The highest BCUT2D eigenvalue weighted by molar-refractivity contribution is 5.71. The molecule has 0 saturated carbocycles. The maximum absolute atomic E-state index is 6.07. The van der Waals surface area contributed by atoms with Gasteiger partial charge in [-0.1, -0.05) is 60.2 Å². The van der Waals surface area contributed by atoms with Gasteiger partial charge in [-0.2, -0.15) is 0 Å². The fourth-order valence-corrected chi connectivity index (χ4v) is 2.24. The summed E-state index contributed by atoms with van der Waals surface area (Å²) in [5.41, 5.74) is 11.1. The number of aromatic nitrogens is 2. The standard InChI is InChI=1S/C18H17N3/c1-12-8-10-15(11-9-12)18-20-16(13(2)17(19)21-18)14-6-4-3-5-7-14/h3-11H,1-2H3,(H2,19,20,21). The third-order valence-electron chi connectivity index (χ3n) is 3.54. The zero-order valence-electron chi connectivity index (χ0n) is 12.2. The van der Waals surface area contributed by atoms with Crippen molar-refractivity contribution in [1.29, 1.82) is 0 Å². The van der Waals surface area contributed by atoms with E-state index < -0.39 is 0 Å². The summed E-state index contributed by atoms with van der Waals surface area (Å²) in [7, 11) is 0. The lowest BCUT2D eigenvalue weighted by Crippen LogP contribution is -2.02. The van der Waals surface area contributed by atoms with Gasteiger partial charge in [0.1, 0.15) is 5.82 Å². The van der Waals surface area contributed by atoms with Crippen molar-refractivity contribution in [3.05, 3.63) is 65.7 Å². The quantitative estimate of drug-likeness (QED) is 0.768. The Labute approximate surface area is 124 Å². The van der Waals surface area contributed by atoms with E-state index in [-0.39, 0.29) is 0 Å². The molecular weight excluding hydrogens is 258 g/mol. The van der Waals surface area contributed by atoms with E-state index in [1.165, 1.54) is 5.56 Å². The molecule has 0 atom stereocenters. The topological polar surface area (TPSA) is 51.8 Å². The van der Waals surface area contributed by atoms with Gasteiger partial charge in [0.25, 0.3) is 0 Å². The fraction of sp³-hybridized carbons (Fsp3) is 0.111. The highest BCUT2D eigenvalue weighted by atomic mass is 15.0. The van der Waals surface area contributed by atoms with Gasteiger partial charge in [-0.3, -0.25) is 0 Å². The molecular formula is C18H17N3. The van der Waals surface area contributed by atoms with E-state index in [9.17, 15) is 0 Å². The Kier molecular flexibility index (Phi) is 3.40. The molecule has 104 valence electrons. The largest absolute Gasteiger partial charge is 0.383 e. The molecule has 3 heteroatoms. The van der Waals surface area contributed by atoms with Crippen molar-refractivity contribution in [2.75, 3.05) is 5.73 Å². The van der Waals surface area contributed by atoms with E-state index >= 15 is 0 Å². The predicted molar refractivity (Wildman–Crippen MR) is 86.8 cm³/mol. The average molecular weight is 275 g/mol. The molecule has 21 heavy (non-hydrogen) atoms. The highest BCUT2D eigenvalue weighted by Gasteiger charge is 2.11. The second kappa shape index (κ2) is 5.37. The van der Waals surface area contributed by atoms with Crippen LogP contribution in [0.15, 0.2) is 54.6 Å². The molecule has 1 aromatic heterocycles. The van der Waals surface area contributed by atoms with E-state index in [2.05, 4.69) is 24.0 Å². The number of nitrogen functional groups attached to an aromatic ring is 1. The number of benzene rings is 2. The predicted octanol–water partition coefficient (Wildman–Crippen LogP) is 4.01. The van der Waals surface area contributed by atoms with Gasteiger partial charge in [0.05, 0.1) is 5.69 Å². The van der Waals surface area contributed by atoms with E-state index in [0.717, 1.165) is 22.4 Å². The minimum absolute atomic E-state index is 0.527. The number of nitrogens with zero attached hydrogens (tertiary/aromatic N) is 2. The minimum atomic E-state index is 0.527. The van der Waals surface area contributed by atoms with Crippen LogP contribution in [0.5, 0.6) is 0 Å². The zero-order valence-corrected chi connectivity index (χ0v) is 12.2. The maximum atomic E-state index is 6.07. The average Bonchev–Trinajstić information content (AvgIpc) is 2.51. The molecule has 3 aromatic rings. The van der Waals surface area contributed by atoms with Crippen molar-refractivity contribution in [2.45, 2.75) is 13.8 Å². The Morgan fingerprint density at radius 1 is 0.762 bits per heavy atom. The number of nitrogens with two attached hydrogens (primary N) is 1. The smallest absolute Gasteiger partial charge is 0.162 e. The van der Waals surface area contributed by atoms with Gasteiger partial charge in [-0.15, -0.1) is 0 Å². The van der Waals surface area contributed by atoms with Gasteiger partial charge in [-0.25, -0.2) is 9.97 Å².